The summed E-state index contributed by atoms with van der Waals surface area (Å²) in [6.07, 6.45) is 1.39. The molecule has 2 aromatic carbocycles. The number of hydrogen-bond donors (Lipinski definition) is 1. The fourth-order valence-corrected chi connectivity index (χ4v) is 4.18. The first kappa shape index (κ1) is 20.3. The number of hydrogen-bond acceptors (Lipinski definition) is 7. The second-order valence-corrected chi connectivity index (χ2v) is 7.67. The van der Waals surface area contributed by atoms with Crippen LogP contribution in [-0.4, -0.2) is 42.5 Å². The molecule has 1 atom stereocenters. The van der Waals surface area contributed by atoms with Crippen molar-refractivity contribution >= 4 is 34.2 Å². The lowest BCUT2D eigenvalue weighted by Crippen LogP contribution is -2.50. The van der Waals surface area contributed by atoms with Crippen LogP contribution in [0.1, 0.15) is 25.6 Å². The third-order valence-corrected chi connectivity index (χ3v) is 5.90. The maximum Gasteiger partial charge on any atom is 0.276 e. The number of carbonyl (C=O) groups is 1. The SMILES string of the molecule is CCN(CC)c1ccc([C@H]2N=c3ccccc3=C3C(=O)NC(SC)=NN32)c(OC)c1. The van der Waals surface area contributed by atoms with E-state index in [1.807, 2.05) is 42.7 Å². The molecule has 0 bridgehead atoms. The van der Waals surface area contributed by atoms with Gasteiger partial charge in [0, 0.05) is 35.6 Å². The Labute approximate surface area is 180 Å². The number of amidine groups is 1. The van der Waals surface area contributed by atoms with Gasteiger partial charge >= 0.3 is 0 Å². The molecular weight excluding hydrogens is 398 g/mol. The fraction of sp³-hybridized carbons (Fsp3) is 0.318. The summed E-state index contributed by atoms with van der Waals surface area (Å²) in [7, 11) is 1.66. The van der Waals surface area contributed by atoms with Crippen molar-refractivity contribution < 1.29 is 9.53 Å². The lowest BCUT2D eigenvalue weighted by molar-refractivity contribution is -0.116. The quantitative estimate of drug-likeness (QED) is 0.797. The number of fused-ring (bicyclic) bond motifs is 2. The number of nitrogens with one attached hydrogen (secondary N) is 1. The van der Waals surface area contributed by atoms with Gasteiger partial charge in [-0.3, -0.25) is 15.1 Å². The number of hydrazone groups is 1. The lowest BCUT2D eigenvalue weighted by Gasteiger charge is -2.34. The van der Waals surface area contributed by atoms with Gasteiger partial charge in [0.2, 0.25) is 0 Å². The van der Waals surface area contributed by atoms with Crippen LogP contribution in [0.3, 0.4) is 0 Å². The Balaban J connectivity index is 1.91. The van der Waals surface area contributed by atoms with Gasteiger partial charge in [0.05, 0.1) is 12.5 Å². The van der Waals surface area contributed by atoms with Crippen molar-refractivity contribution in [1.82, 2.24) is 10.3 Å². The van der Waals surface area contributed by atoms with Crippen molar-refractivity contribution in [3.63, 3.8) is 0 Å². The average molecular weight is 424 g/mol. The van der Waals surface area contributed by atoms with Gasteiger partial charge in [-0.25, -0.2) is 5.01 Å². The highest BCUT2D eigenvalue weighted by molar-refractivity contribution is 8.13. The van der Waals surface area contributed by atoms with Gasteiger partial charge in [-0.05, 0) is 38.3 Å². The van der Waals surface area contributed by atoms with Crippen LogP contribution >= 0.6 is 11.8 Å². The summed E-state index contributed by atoms with van der Waals surface area (Å²) in [5.74, 6) is 0.541. The molecule has 0 radical (unpaired) electrons. The molecule has 1 amide bonds. The summed E-state index contributed by atoms with van der Waals surface area (Å²) in [4.78, 5) is 20.2. The Hall–Kier alpha value is -3.00. The fourth-order valence-electron chi connectivity index (χ4n) is 3.82. The predicted octanol–water partition coefficient (Wildman–Crippen LogP) is 2.05. The van der Waals surface area contributed by atoms with Gasteiger partial charge in [0.1, 0.15) is 11.4 Å². The average Bonchev–Trinajstić information content (AvgIpc) is 2.78. The van der Waals surface area contributed by atoms with E-state index in [4.69, 9.17) is 9.73 Å². The van der Waals surface area contributed by atoms with Gasteiger partial charge in [-0.15, -0.1) is 5.10 Å². The molecule has 0 spiro atoms. The Morgan fingerprint density at radius 1 is 1.20 bits per heavy atom. The summed E-state index contributed by atoms with van der Waals surface area (Å²) in [5.41, 5.74) is 2.45. The third kappa shape index (κ3) is 3.41. The largest absolute Gasteiger partial charge is 0.496 e. The van der Waals surface area contributed by atoms with E-state index in [0.717, 1.165) is 40.7 Å². The van der Waals surface area contributed by atoms with Gasteiger partial charge in [0.15, 0.2) is 11.3 Å². The molecule has 4 rings (SSSR count). The number of amides is 1. The van der Waals surface area contributed by atoms with Crippen molar-refractivity contribution in [2.24, 2.45) is 10.1 Å². The first-order valence-electron chi connectivity index (χ1n) is 9.94. The standard InChI is InChI=1S/C22H25N5O2S/c1-5-26(6-2)14-11-12-16(18(13-14)29-3)20-23-17-10-8-7-9-15(17)19-21(28)24-22(30-4)25-27(19)20/h7-13,20H,5-6H2,1-4H3,(H,24,25,28)/t20-/m0/s1. The monoisotopic (exact) mass is 423 g/mol. The predicted molar refractivity (Wildman–Crippen MR) is 121 cm³/mol. The molecule has 0 saturated heterocycles. The van der Waals surface area contributed by atoms with E-state index in [1.54, 1.807) is 12.1 Å². The van der Waals surface area contributed by atoms with E-state index in [2.05, 4.69) is 35.2 Å². The van der Waals surface area contributed by atoms with E-state index in [9.17, 15) is 4.79 Å². The maximum absolute atomic E-state index is 12.9. The van der Waals surface area contributed by atoms with Gasteiger partial charge in [-0.1, -0.05) is 30.0 Å². The van der Waals surface area contributed by atoms with E-state index in [1.165, 1.54) is 11.8 Å². The Kier molecular flexibility index (Phi) is 5.67. The van der Waals surface area contributed by atoms with Crippen LogP contribution in [0.15, 0.2) is 52.6 Å². The Bertz CT molecular complexity index is 1130. The van der Waals surface area contributed by atoms with Crippen LogP contribution in [0.2, 0.25) is 0 Å². The smallest absolute Gasteiger partial charge is 0.276 e. The molecule has 8 heteroatoms. The van der Waals surface area contributed by atoms with Crippen molar-refractivity contribution in [3.05, 3.63) is 58.6 Å². The molecule has 156 valence electrons. The molecule has 0 unspecified atom stereocenters. The number of methoxy groups -OCH3 is 1. The Morgan fingerprint density at radius 3 is 2.67 bits per heavy atom. The summed E-state index contributed by atoms with van der Waals surface area (Å²) < 4.78 is 5.75. The second kappa shape index (κ2) is 8.39. The molecule has 2 aromatic rings. The number of benzene rings is 2. The highest BCUT2D eigenvalue weighted by atomic mass is 32.2. The zero-order valence-electron chi connectivity index (χ0n) is 17.5. The molecule has 0 fully saturated rings. The molecular formula is C22H25N5O2S. The van der Waals surface area contributed by atoms with Crippen LogP contribution in [0, 0.1) is 0 Å². The Morgan fingerprint density at radius 2 is 1.97 bits per heavy atom. The lowest BCUT2D eigenvalue weighted by atomic mass is 10.1. The van der Waals surface area contributed by atoms with E-state index >= 15 is 0 Å². The molecule has 2 aliphatic rings. The minimum atomic E-state index is -0.496. The van der Waals surface area contributed by atoms with Crippen LogP contribution in [0.25, 0.3) is 5.70 Å². The van der Waals surface area contributed by atoms with Crippen molar-refractivity contribution in [1.29, 1.82) is 0 Å². The van der Waals surface area contributed by atoms with Gasteiger partial charge in [-0.2, -0.15) is 0 Å². The normalized spacial score (nSPS) is 17.4. The number of para-hydroxylation sites is 1. The first-order valence-corrected chi connectivity index (χ1v) is 11.2. The molecule has 30 heavy (non-hydrogen) atoms. The van der Waals surface area contributed by atoms with Crippen molar-refractivity contribution in [3.8, 4) is 5.75 Å². The van der Waals surface area contributed by atoms with Crippen molar-refractivity contribution in [2.45, 2.75) is 20.0 Å². The summed E-state index contributed by atoms with van der Waals surface area (Å²) in [5, 5.41) is 11.3. The van der Waals surface area contributed by atoms with Crippen LogP contribution in [0.5, 0.6) is 5.75 Å². The molecule has 7 nitrogen and oxygen atoms in total. The summed E-state index contributed by atoms with van der Waals surface area (Å²) >= 11 is 1.39. The van der Waals surface area contributed by atoms with Crippen molar-refractivity contribution in [2.75, 3.05) is 31.4 Å². The minimum Gasteiger partial charge on any atom is -0.496 e. The highest BCUT2D eigenvalue weighted by Crippen LogP contribution is 2.37. The number of anilines is 1. The molecule has 0 aromatic heterocycles. The molecule has 1 N–H and O–H groups in total. The summed E-state index contributed by atoms with van der Waals surface area (Å²) in [6.45, 7) is 6.07. The zero-order chi connectivity index (χ0) is 21.3. The minimum absolute atomic E-state index is 0.180. The number of ether oxygens (including phenoxy) is 1. The maximum atomic E-state index is 12.9. The third-order valence-electron chi connectivity index (χ3n) is 5.33. The summed E-state index contributed by atoms with van der Waals surface area (Å²) in [6, 6.07) is 13.8. The number of nitrogens with zero attached hydrogens (tertiary/aromatic N) is 4. The highest BCUT2D eigenvalue weighted by Gasteiger charge is 2.35. The molecule has 2 aliphatic heterocycles. The first-order chi connectivity index (χ1) is 14.6. The number of rotatable bonds is 5. The van der Waals surface area contributed by atoms with Crippen LogP contribution < -0.4 is 25.5 Å². The van der Waals surface area contributed by atoms with Crippen LogP contribution in [-0.2, 0) is 4.79 Å². The number of carbonyl (C=O) groups excluding carboxylic acids is 1. The topological polar surface area (TPSA) is 69.5 Å². The van der Waals surface area contributed by atoms with E-state index in [0.29, 0.717) is 10.9 Å². The van der Waals surface area contributed by atoms with Gasteiger partial charge in [0.25, 0.3) is 5.91 Å². The number of thioether (sulfide) groups is 1. The zero-order valence-corrected chi connectivity index (χ0v) is 18.4. The second-order valence-electron chi connectivity index (χ2n) is 6.88. The molecule has 0 saturated carbocycles. The van der Waals surface area contributed by atoms with Crippen LogP contribution in [0.4, 0.5) is 5.69 Å². The van der Waals surface area contributed by atoms with E-state index in [-0.39, 0.29) is 5.91 Å². The molecule has 2 heterocycles. The molecule has 0 aliphatic carbocycles. The van der Waals surface area contributed by atoms with Gasteiger partial charge < -0.3 is 9.64 Å². The van der Waals surface area contributed by atoms with E-state index < -0.39 is 6.17 Å².